The van der Waals surface area contributed by atoms with Crippen molar-refractivity contribution in [2.24, 2.45) is 0 Å². The maximum Gasteiger partial charge on any atom is 0.263 e. The topological polar surface area (TPSA) is 29.5 Å². The van der Waals surface area contributed by atoms with Crippen molar-refractivity contribution in [3.63, 3.8) is 0 Å². The Morgan fingerprint density at radius 2 is 2.04 bits per heavy atom. The Balaban J connectivity index is 1.71. The molecule has 0 spiro atoms. The summed E-state index contributed by atoms with van der Waals surface area (Å²) in [5.41, 5.74) is 1.07. The molecule has 0 bridgehead atoms. The van der Waals surface area contributed by atoms with Crippen molar-refractivity contribution >= 4 is 17.5 Å². The molecule has 2 aromatic rings. The highest BCUT2D eigenvalue weighted by Crippen LogP contribution is 2.33. The molecule has 0 aliphatic carbocycles. The standard InChI is InChI=1S/C19H19ClFNO2/c1-13(24-17-5-2-4-16(21)12-17)19(23)22-11-3-6-18(22)14-7-9-15(20)10-8-14/h2,4-5,7-10,12-13,18H,3,6,11H2,1H3. The fourth-order valence-corrected chi connectivity index (χ4v) is 3.22. The Morgan fingerprint density at radius 3 is 2.75 bits per heavy atom. The molecular weight excluding hydrogens is 329 g/mol. The van der Waals surface area contributed by atoms with E-state index in [0.717, 1.165) is 18.4 Å². The number of carbonyl (C=O) groups excluding carboxylic acids is 1. The van der Waals surface area contributed by atoms with Crippen molar-refractivity contribution in [1.82, 2.24) is 4.90 Å². The number of benzene rings is 2. The van der Waals surface area contributed by atoms with E-state index in [2.05, 4.69) is 0 Å². The largest absolute Gasteiger partial charge is 0.481 e. The van der Waals surface area contributed by atoms with Crippen LogP contribution in [0.15, 0.2) is 48.5 Å². The van der Waals surface area contributed by atoms with Crippen LogP contribution in [-0.4, -0.2) is 23.5 Å². The van der Waals surface area contributed by atoms with Gasteiger partial charge in [-0.1, -0.05) is 29.8 Å². The van der Waals surface area contributed by atoms with Gasteiger partial charge in [-0.05, 0) is 49.6 Å². The Bertz CT molecular complexity index is 720. The molecule has 1 fully saturated rings. The summed E-state index contributed by atoms with van der Waals surface area (Å²) < 4.78 is 18.9. The second-order valence-corrected chi connectivity index (χ2v) is 6.40. The Hall–Kier alpha value is -2.07. The minimum absolute atomic E-state index is 0.0355. The average Bonchev–Trinajstić information content (AvgIpc) is 3.04. The molecule has 2 aromatic carbocycles. The normalized spacial score (nSPS) is 18.5. The predicted octanol–water partition coefficient (Wildman–Crippen LogP) is 4.61. The molecule has 1 saturated heterocycles. The van der Waals surface area contributed by atoms with E-state index in [0.29, 0.717) is 17.3 Å². The van der Waals surface area contributed by atoms with E-state index in [4.69, 9.17) is 16.3 Å². The van der Waals surface area contributed by atoms with E-state index in [9.17, 15) is 9.18 Å². The van der Waals surface area contributed by atoms with E-state index in [1.54, 1.807) is 19.1 Å². The van der Waals surface area contributed by atoms with Crippen LogP contribution in [0.5, 0.6) is 5.75 Å². The van der Waals surface area contributed by atoms with E-state index in [1.807, 2.05) is 29.2 Å². The fourth-order valence-electron chi connectivity index (χ4n) is 3.09. The number of hydrogen-bond donors (Lipinski definition) is 0. The van der Waals surface area contributed by atoms with Crippen molar-refractivity contribution < 1.29 is 13.9 Å². The highest BCUT2D eigenvalue weighted by Gasteiger charge is 2.33. The Morgan fingerprint density at radius 1 is 1.29 bits per heavy atom. The van der Waals surface area contributed by atoms with Crippen LogP contribution in [0.2, 0.25) is 5.02 Å². The molecule has 3 rings (SSSR count). The molecule has 2 unspecified atom stereocenters. The van der Waals surface area contributed by atoms with Gasteiger partial charge in [-0.2, -0.15) is 0 Å². The number of ether oxygens (including phenoxy) is 1. The molecule has 3 nitrogen and oxygen atoms in total. The number of likely N-dealkylation sites (tertiary alicyclic amines) is 1. The lowest BCUT2D eigenvalue weighted by atomic mass is 10.0. The van der Waals surface area contributed by atoms with Crippen LogP contribution in [0.25, 0.3) is 0 Å². The zero-order valence-corrected chi connectivity index (χ0v) is 14.2. The molecule has 1 aliphatic rings. The van der Waals surface area contributed by atoms with E-state index < -0.39 is 6.10 Å². The van der Waals surface area contributed by atoms with Gasteiger partial charge in [-0.15, -0.1) is 0 Å². The highest BCUT2D eigenvalue weighted by molar-refractivity contribution is 6.30. The molecule has 1 aliphatic heterocycles. The highest BCUT2D eigenvalue weighted by atomic mass is 35.5. The summed E-state index contributed by atoms with van der Waals surface area (Å²) in [6.07, 6.45) is 1.20. The van der Waals surface area contributed by atoms with Gasteiger partial charge in [0.1, 0.15) is 11.6 Å². The third kappa shape index (κ3) is 3.70. The minimum atomic E-state index is -0.667. The van der Waals surface area contributed by atoms with Gasteiger partial charge < -0.3 is 9.64 Å². The first-order valence-electron chi connectivity index (χ1n) is 8.03. The Labute approximate surface area is 146 Å². The van der Waals surface area contributed by atoms with Crippen LogP contribution in [-0.2, 0) is 4.79 Å². The number of nitrogens with zero attached hydrogens (tertiary/aromatic N) is 1. The maximum atomic E-state index is 13.2. The van der Waals surface area contributed by atoms with Gasteiger partial charge in [0.15, 0.2) is 6.10 Å². The molecule has 0 aromatic heterocycles. The summed E-state index contributed by atoms with van der Waals surface area (Å²) in [4.78, 5) is 14.6. The maximum absolute atomic E-state index is 13.2. The van der Waals surface area contributed by atoms with E-state index in [1.165, 1.54) is 12.1 Å². The lowest BCUT2D eigenvalue weighted by Crippen LogP contribution is -2.40. The molecule has 5 heteroatoms. The van der Waals surface area contributed by atoms with Gasteiger partial charge >= 0.3 is 0 Å². The molecule has 24 heavy (non-hydrogen) atoms. The summed E-state index contributed by atoms with van der Waals surface area (Å²) in [7, 11) is 0. The number of hydrogen-bond acceptors (Lipinski definition) is 2. The smallest absolute Gasteiger partial charge is 0.263 e. The molecule has 2 atom stereocenters. The third-order valence-electron chi connectivity index (χ3n) is 4.25. The van der Waals surface area contributed by atoms with Crippen LogP contribution >= 0.6 is 11.6 Å². The minimum Gasteiger partial charge on any atom is -0.481 e. The van der Waals surface area contributed by atoms with Crippen LogP contribution in [0.3, 0.4) is 0 Å². The van der Waals surface area contributed by atoms with Gasteiger partial charge in [0.2, 0.25) is 0 Å². The zero-order chi connectivity index (χ0) is 17.1. The first-order valence-corrected chi connectivity index (χ1v) is 8.40. The second-order valence-electron chi connectivity index (χ2n) is 5.96. The molecule has 1 heterocycles. The van der Waals surface area contributed by atoms with E-state index in [-0.39, 0.29) is 17.8 Å². The van der Waals surface area contributed by atoms with Gasteiger partial charge in [-0.3, -0.25) is 4.79 Å². The first kappa shape index (κ1) is 16.8. The number of amides is 1. The van der Waals surface area contributed by atoms with Gasteiger partial charge in [0.25, 0.3) is 5.91 Å². The zero-order valence-electron chi connectivity index (χ0n) is 13.4. The summed E-state index contributed by atoms with van der Waals surface area (Å²) in [6, 6.07) is 13.5. The second kappa shape index (κ2) is 7.22. The van der Waals surface area contributed by atoms with Crippen molar-refractivity contribution in [1.29, 1.82) is 0 Å². The molecule has 126 valence electrons. The molecule has 0 radical (unpaired) electrons. The van der Waals surface area contributed by atoms with Crippen LogP contribution in [0.4, 0.5) is 4.39 Å². The number of rotatable bonds is 4. The van der Waals surface area contributed by atoms with Crippen LogP contribution in [0.1, 0.15) is 31.4 Å². The lowest BCUT2D eigenvalue weighted by Gasteiger charge is -2.28. The van der Waals surface area contributed by atoms with Gasteiger partial charge in [0.05, 0.1) is 6.04 Å². The first-order chi connectivity index (χ1) is 11.5. The lowest BCUT2D eigenvalue weighted by molar-refractivity contribution is -0.138. The van der Waals surface area contributed by atoms with Crippen molar-refractivity contribution in [2.45, 2.75) is 31.9 Å². The number of halogens is 2. The SMILES string of the molecule is CC(Oc1cccc(F)c1)C(=O)N1CCCC1c1ccc(Cl)cc1. The van der Waals surface area contributed by atoms with Gasteiger partial charge in [-0.25, -0.2) is 4.39 Å². The molecule has 0 N–H and O–H groups in total. The van der Waals surface area contributed by atoms with Crippen molar-refractivity contribution in [3.05, 3.63) is 64.9 Å². The summed E-state index contributed by atoms with van der Waals surface area (Å²) in [6.45, 7) is 2.40. The predicted molar refractivity (Wildman–Crippen MR) is 91.6 cm³/mol. The summed E-state index contributed by atoms with van der Waals surface area (Å²) >= 11 is 5.94. The monoisotopic (exact) mass is 347 g/mol. The Kier molecular flexibility index (Phi) is 5.05. The van der Waals surface area contributed by atoms with Crippen LogP contribution in [0, 0.1) is 5.82 Å². The average molecular weight is 348 g/mol. The molecule has 1 amide bonds. The fraction of sp³-hybridized carbons (Fsp3) is 0.316. The third-order valence-corrected chi connectivity index (χ3v) is 4.50. The molecule has 0 saturated carbocycles. The number of carbonyl (C=O) groups is 1. The molecular formula is C19H19ClFNO2. The summed E-state index contributed by atoms with van der Waals surface area (Å²) in [5, 5.41) is 0.678. The van der Waals surface area contributed by atoms with Gasteiger partial charge in [0, 0.05) is 17.6 Å². The van der Waals surface area contributed by atoms with E-state index >= 15 is 0 Å². The van der Waals surface area contributed by atoms with Crippen LogP contribution < -0.4 is 4.74 Å². The summed E-state index contributed by atoms with van der Waals surface area (Å²) in [5.74, 6) is -0.109. The van der Waals surface area contributed by atoms with Crippen molar-refractivity contribution in [2.75, 3.05) is 6.54 Å². The van der Waals surface area contributed by atoms with Crippen molar-refractivity contribution in [3.8, 4) is 5.75 Å². The quantitative estimate of drug-likeness (QED) is 0.808.